The first-order valence-corrected chi connectivity index (χ1v) is 9.12. The molecule has 30 heavy (non-hydrogen) atoms. The van der Waals surface area contributed by atoms with Crippen LogP contribution >= 0.6 is 24.0 Å². The number of thioether (sulfide) groups is 1. The van der Waals surface area contributed by atoms with Gasteiger partial charge in [-0.2, -0.15) is 0 Å². The summed E-state index contributed by atoms with van der Waals surface area (Å²) in [5, 5.41) is 34.1. The minimum absolute atomic E-state index is 0.00233. The number of para-hydroxylation sites is 1. The van der Waals surface area contributed by atoms with E-state index >= 15 is 0 Å². The fourth-order valence-corrected chi connectivity index (χ4v) is 3.65. The molecule has 1 heterocycles. The smallest absolute Gasteiger partial charge is 0.283 e. The molecule has 12 nitrogen and oxygen atoms in total. The number of carbonyl (C=O) groups is 1. The summed E-state index contributed by atoms with van der Waals surface area (Å²) >= 11 is 5.97. The lowest BCUT2D eigenvalue weighted by Crippen LogP contribution is -2.34. The van der Waals surface area contributed by atoms with Crippen molar-refractivity contribution in [1.29, 1.82) is 0 Å². The number of hydrogen-bond acceptors (Lipinski definition) is 10. The third kappa shape index (κ3) is 4.08. The van der Waals surface area contributed by atoms with E-state index in [1.54, 1.807) is 6.07 Å². The van der Waals surface area contributed by atoms with Crippen LogP contribution < -0.4 is 5.43 Å². The number of nitro groups is 3. The van der Waals surface area contributed by atoms with Crippen molar-refractivity contribution >= 4 is 63.0 Å². The Hall–Kier alpha value is -3.91. The molecule has 1 aliphatic heterocycles. The SMILES string of the molecule is O=C1/C(=C\c2ccccc2[N+](=O)[O-])SC(=S)N1Nc1ccc([N+](=O)[O-])cc1[N+](=O)[O-]. The van der Waals surface area contributed by atoms with Crippen LogP contribution in [0.5, 0.6) is 0 Å². The highest BCUT2D eigenvalue weighted by Crippen LogP contribution is 2.36. The second-order valence-electron chi connectivity index (χ2n) is 5.66. The Kier molecular flexibility index (Phi) is 5.70. The number of rotatable bonds is 6. The molecular weight excluding hydrogens is 438 g/mol. The number of thiocarbonyl (C=S) groups is 1. The van der Waals surface area contributed by atoms with Crippen molar-refractivity contribution < 1.29 is 19.6 Å². The summed E-state index contributed by atoms with van der Waals surface area (Å²) in [4.78, 5) is 43.8. The molecule has 0 saturated carbocycles. The summed E-state index contributed by atoms with van der Waals surface area (Å²) in [5.74, 6) is -0.684. The Morgan fingerprint density at radius 1 is 0.967 bits per heavy atom. The van der Waals surface area contributed by atoms with Crippen molar-refractivity contribution in [2.45, 2.75) is 0 Å². The van der Waals surface area contributed by atoms with Gasteiger partial charge in [0, 0.05) is 12.1 Å². The van der Waals surface area contributed by atoms with Crippen LogP contribution in [-0.2, 0) is 4.79 Å². The van der Waals surface area contributed by atoms with E-state index in [2.05, 4.69) is 5.43 Å². The molecule has 1 amide bonds. The van der Waals surface area contributed by atoms with E-state index in [9.17, 15) is 35.1 Å². The fourth-order valence-electron chi connectivity index (χ4n) is 2.48. The van der Waals surface area contributed by atoms with Gasteiger partial charge in [-0.05, 0) is 30.4 Å². The van der Waals surface area contributed by atoms with E-state index in [0.29, 0.717) is 0 Å². The summed E-state index contributed by atoms with van der Waals surface area (Å²) < 4.78 is -0.00233. The Labute approximate surface area is 176 Å². The highest BCUT2D eigenvalue weighted by molar-refractivity contribution is 8.26. The molecule has 0 unspecified atom stereocenters. The largest absolute Gasteiger partial charge is 0.300 e. The first-order valence-electron chi connectivity index (χ1n) is 7.90. The van der Waals surface area contributed by atoms with Crippen molar-refractivity contribution in [3.8, 4) is 0 Å². The maximum atomic E-state index is 12.7. The zero-order valence-electron chi connectivity index (χ0n) is 14.6. The maximum Gasteiger partial charge on any atom is 0.300 e. The number of non-ortho nitro benzene ring substituents is 1. The minimum atomic E-state index is -0.837. The molecule has 0 bridgehead atoms. The van der Waals surface area contributed by atoms with Gasteiger partial charge in [0.15, 0.2) is 4.32 Å². The molecule has 3 rings (SSSR count). The zero-order valence-corrected chi connectivity index (χ0v) is 16.2. The molecule has 0 radical (unpaired) electrons. The third-order valence-electron chi connectivity index (χ3n) is 3.83. The van der Waals surface area contributed by atoms with Gasteiger partial charge in [-0.25, -0.2) is 5.01 Å². The molecule has 2 aromatic rings. The van der Waals surface area contributed by atoms with E-state index in [1.807, 2.05) is 0 Å². The zero-order chi connectivity index (χ0) is 22.0. The van der Waals surface area contributed by atoms with Crippen molar-refractivity contribution in [2.24, 2.45) is 0 Å². The standard InChI is InChI=1S/C16H9N5O7S2/c22-15-14(7-9-3-1-2-4-12(9)20(25)26)30-16(29)18(15)17-11-6-5-10(19(23)24)8-13(11)21(27)28/h1-8,17H/b14-7+. The summed E-state index contributed by atoms with van der Waals surface area (Å²) in [7, 11) is 0. The molecule has 0 spiro atoms. The Balaban J connectivity index is 1.92. The van der Waals surface area contributed by atoms with Gasteiger partial charge in [0.1, 0.15) is 5.69 Å². The second-order valence-corrected chi connectivity index (χ2v) is 7.34. The maximum absolute atomic E-state index is 12.7. The van der Waals surface area contributed by atoms with Gasteiger partial charge in [0.25, 0.3) is 17.3 Å². The number of nitro benzene ring substituents is 3. The number of carbonyl (C=O) groups excluding carboxylic acids is 1. The fraction of sp³-hybridized carbons (Fsp3) is 0. The van der Waals surface area contributed by atoms with E-state index in [4.69, 9.17) is 12.2 Å². The summed E-state index contributed by atoms with van der Waals surface area (Å²) in [6.07, 6.45) is 1.30. The number of nitrogens with one attached hydrogen (secondary N) is 1. The van der Waals surface area contributed by atoms with Crippen LogP contribution in [0.3, 0.4) is 0 Å². The van der Waals surface area contributed by atoms with Gasteiger partial charge in [-0.3, -0.25) is 40.6 Å². The molecule has 1 saturated heterocycles. The predicted octanol–water partition coefficient (Wildman–Crippen LogP) is 3.64. The van der Waals surface area contributed by atoms with Crippen LogP contribution in [0.2, 0.25) is 0 Å². The van der Waals surface area contributed by atoms with Crippen LogP contribution in [0.25, 0.3) is 6.08 Å². The van der Waals surface area contributed by atoms with E-state index in [1.165, 1.54) is 24.3 Å². The van der Waals surface area contributed by atoms with Crippen LogP contribution in [-0.4, -0.2) is 30.0 Å². The van der Waals surface area contributed by atoms with Crippen molar-refractivity contribution in [2.75, 3.05) is 5.43 Å². The van der Waals surface area contributed by atoms with Crippen LogP contribution in [0.1, 0.15) is 5.56 Å². The molecule has 14 heteroatoms. The number of benzene rings is 2. The van der Waals surface area contributed by atoms with Crippen molar-refractivity contribution in [3.05, 3.63) is 83.3 Å². The van der Waals surface area contributed by atoms with Gasteiger partial charge >= 0.3 is 5.69 Å². The number of hydrogen-bond donors (Lipinski definition) is 1. The average molecular weight is 447 g/mol. The van der Waals surface area contributed by atoms with Gasteiger partial charge in [-0.15, -0.1) is 0 Å². The summed E-state index contributed by atoms with van der Waals surface area (Å²) in [5.41, 5.74) is 1.17. The van der Waals surface area contributed by atoms with Crippen LogP contribution in [0, 0.1) is 30.3 Å². The number of nitrogens with zero attached hydrogens (tertiary/aromatic N) is 4. The predicted molar refractivity (Wildman–Crippen MR) is 111 cm³/mol. The molecule has 0 aliphatic carbocycles. The van der Waals surface area contributed by atoms with Crippen molar-refractivity contribution in [3.63, 3.8) is 0 Å². The Morgan fingerprint density at radius 2 is 1.63 bits per heavy atom. The topological polar surface area (TPSA) is 162 Å². The third-order valence-corrected chi connectivity index (χ3v) is 5.14. The molecule has 2 aromatic carbocycles. The molecule has 0 aromatic heterocycles. The summed E-state index contributed by atoms with van der Waals surface area (Å²) in [6, 6.07) is 8.66. The first kappa shape index (κ1) is 20.8. The lowest BCUT2D eigenvalue weighted by atomic mass is 10.1. The van der Waals surface area contributed by atoms with Gasteiger partial charge in [0.2, 0.25) is 0 Å². The highest BCUT2D eigenvalue weighted by Gasteiger charge is 2.34. The van der Waals surface area contributed by atoms with E-state index in [0.717, 1.165) is 35.0 Å². The highest BCUT2D eigenvalue weighted by atomic mass is 32.2. The van der Waals surface area contributed by atoms with Crippen molar-refractivity contribution in [1.82, 2.24) is 5.01 Å². The molecule has 1 fully saturated rings. The summed E-state index contributed by atoms with van der Waals surface area (Å²) in [6.45, 7) is 0. The van der Waals surface area contributed by atoms with E-state index < -0.39 is 32.1 Å². The molecule has 0 atom stereocenters. The monoisotopic (exact) mass is 447 g/mol. The molecule has 152 valence electrons. The number of hydrazine groups is 1. The normalized spacial score (nSPS) is 14.8. The molecule has 1 aliphatic rings. The number of anilines is 1. The van der Waals surface area contributed by atoms with Crippen LogP contribution in [0.15, 0.2) is 47.4 Å². The second kappa shape index (κ2) is 8.22. The number of amides is 1. The van der Waals surface area contributed by atoms with E-state index in [-0.39, 0.29) is 26.2 Å². The van der Waals surface area contributed by atoms with Crippen LogP contribution in [0.4, 0.5) is 22.7 Å². The lowest BCUT2D eigenvalue weighted by molar-refractivity contribution is -0.393. The lowest BCUT2D eigenvalue weighted by Gasteiger charge is -2.16. The first-order chi connectivity index (χ1) is 14.2. The quantitative estimate of drug-likeness (QED) is 0.299. The molecular formula is C16H9N5O7S2. The Morgan fingerprint density at radius 3 is 2.27 bits per heavy atom. The van der Waals surface area contributed by atoms with Gasteiger partial charge in [-0.1, -0.05) is 23.9 Å². The van der Waals surface area contributed by atoms with Gasteiger partial charge < -0.3 is 0 Å². The molecule has 1 N–H and O–H groups in total. The average Bonchev–Trinajstić information content (AvgIpc) is 2.95. The Bertz CT molecular complexity index is 1150. The van der Waals surface area contributed by atoms with Gasteiger partial charge in [0.05, 0.1) is 31.3 Å². The minimum Gasteiger partial charge on any atom is -0.283 e.